The van der Waals surface area contributed by atoms with Gasteiger partial charge < -0.3 is 9.84 Å². The van der Waals surface area contributed by atoms with Crippen molar-refractivity contribution in [2.24, 2.45) is 23.7 Å². The molecule has 62 heavy (non-hydrogen) atoms. The summed E-state index contributed by atoms with van der Waals surface area (Å²) in [4.78, 5) is 70.4. The normalized spacial score (nSPS) is 18.6. The van der Waals surface area contributed by atoms with E-state index < -0.39 is 29.4 Å². The summed E-state index contributed by atoms with van der Waals surface area (Å²) in [5.41, 5.74) is 0. The molecular formula is C50H90F4O8. The van der Waals surface area contributed by atoms with Crippen LogP contribution in [0, 0.1) is 23.7 Å². The molecule has 0 spiro atoms. The maximum absolute atomic E-state index is 14.1. The number of hydrogen-bond acceptors (Lipinski definition) is 7. The molecule has 2 saturated carbocycles. The van der Waals surface area contributed by atoms with Gasteiger partial charge in [-0.1, -0.05) is 113 Å². The zero-order valence-corrected chi connectivity index (χ0v) is 36.9. The Balaban J connectivity index is -0.00000108. The number of esters is 1. The number of unbranched alkanes of at least 4 members (excludes halogenated alkanes) is 12. The molecule has 2 unspecified atom stereocenters. The molecule has 1 N–H and O–H groups in total. The fourth-order valence-electron chi connectivity index (χ4n) is 8.57. The number of alkyl halides is 4. The zero-order chi connectivity index (χ0) is 44.3. The smallest absolute Gasteiger partial charge is 0.306 e. The number of hydrogen-bond donors (Lipinski definition) is 1. The Morgan fingerprint density at radius 2 is 0.935 bits per heavy atom. The molecule has 2 rings (SSSR count). The number of aliphatic carboxylic acids is 1. The largest absolute Gasteiger partial charge is 0.481 e. The van der Waals surface area contributed by atoms with Crippen molar-refractivity contribution in [2.45, 2.75) is 261 Å². The fraction of sp³-hybridized carbons (Fsp3) is 0.880. The van der Waals surface area contributed by atoms with Gasteiger partial charge >= 0.3 is 23.8 Å². The number of halogens is 4. The van der Waals surface area contributed by atoms with Crippen LogP contribution in [0.25, 0.3) is 0 Å². The molecule has 0 saturated heterocycles. The maximum Gasteiger partial charge on any atom is 0.306 e. The minimum absolute atomic E-state index is 0. The Kier molecular flexibility index (Phi) is 36.6. The van der Waals surface area contributed by atoms with Crippen LogP contribution in [-0.2, 0) is 33.5 Å². The predicted octanol–water partition coefficient (Wildman–Crippen LogP) is 14.7. The summed E-state index contributed by atoms with van der Waals surface area (Å²) < 4.78 is 61.3. The first-order valence-electron chi connectivity index (χ1n) is 23.2. The van der Waals surface area contributed by atoms with E-state index >= 15 is 0 Å². The first kappa shape index (κ1) is 63.6. The van der Waals surface area contributed by atoms with Gasteiger partial charge in [0.15, 0.2) is 0 Å². The maximum atomic E-state index is 14.1. The fourth-order valence-corrected chi connectivity index (χ4v) is 8.57. The molecule has 2 aliphatic carbocycles. The molecule has 0 bridgehead atoms. The highest BCUT2D eigenvalue weighted by molar-refractivity contribution is 5.87. The van der Waals surface area contributed by atoms with E-state index in [0.717, 1.165) is 96.3 Å². The Labute approximate surface area is 374 Å². The molecule has 0 aromatic rings. The second kappa shape index (κ2) is 35.7. The molecule has 0 aromatic heterocycles. The van der Waals surface area contributed by atoms with Crippen molar-refractivity contribution in [1.82, 2.24) is 0 Å². The Morgan fingerprint density at radius 3 is 1.31 bits per heavy atom. The zero-order valence-electron chi connectivity index (χ0n) is 36.9. The van der Waals surface area contributed by atoms with Crippen molar-refractivity contribution >= 4 is 35.1 Å². The van der Waals surface area contributed by atoms with E-state index in [-0.39, 0.29) is 102 Å². The van der Waals surface area contributed by atoms with Crippen molar-refractivity contribution in [1.29, 1.82) is 0 Å². The minimum atomic E-state index is -3.24. The summed E-state index contributed by atoms with van der Waals surface area (Å²) in [6, 6.07) is 0. The van der Waals surface area contributed by atoms with Crippen LogP contribution in [0.5, 0.6) is 0 Å². The van der Waals surface area contributed by atoms with Crippen molar-refractivity contribution in [2.75, 3.05) is 0 Å². The lowest BCUT2D eigenvalue weighted by atomic mass is 9.85. The quantitative estimate of drug-likeness (QED) is 0.0391. The van der Waals surface area contributed by atoms with Gasteiger partial charge in [-0.2, -0.15) is 17.6 Å². The van der Waals surface area contributed by atoms with Gasteiger partial charge in [-0.05, 0) is 89.9 Å². The van der Waals surface area contributed by atoms with Crippen molar-refractivity contribution < 1.29 is 56.2 Å². The molecular weight excluding hydrogens is 805 g/mol. The lowest BCUT2D eigenvalue weighted by Crippen LogP contribution is -2.29. The molecule has 2 fully saturated rings. The van der Waals surface area contributed by atoms with Crippen LogP contribution in [-0.4, -0.2) is 58.1 Å². The number of ketones is 4. The number of rotatable bonds is 33. The summed E-state index contributed by atoms with van der Waals surface area (Å²) in [6.45, 7) is 7.69. The summed E-state index contributed by atoms with van der Waals surface area (Å²) in [7, 11) is 0. The minimum Gasteiger partial charge on any atom is -0.481 e. The van der Waals surface area contributed by atoms with E-state index in [1.54, 1.807) is 0 Å². The summed E-state index contributed by atoms with van der Waals surface area (Å²) in [5.74, 6) is -9.11. The summed E-state index contributed by atoms with van der Waals surface area (Å²) in [5, 5.41) is 8.62. The van der Waals surface area contributed by atoms with E-state index in [2.05, 4.69) is 0 Å². The standard InChI is InChI=1S/C25H42F2O4.C22H36F2O4.3CH4/c1-4-5-6-11-18-25(26,27)23(29)17-15-20-14-16-22(28)21(20)12-9-7-8-10-13-24(30)31-19(2)3;1-2-3-4-9-16-22(23,24)20(26)15-13-17-12-14-19(25)18(17)10-7-5-6-8-11-21(27)28;;;/h19-21H,4-18H2,1-3H3;17-18H,2-16H2,1H3,(H,27,28);3*1H4/t20-,21?;17-,18?;;;/m11.../s1. The average molecular weight is 895 g/mol. The highest BCUT2D eigenvalue weighted by atomic mass is 19.3. The molecule has 0 aliphatic heterocycles. The first-order valence-corrected chi connectivity index (χ1v) is 23.2. The number of carboxylic acid groups (broad SMARTS) is 1. The van der Waals surface area contributed by atoms with Gasteiger partial charge in [-0.3, -0.25) is 28.8 Å². The van der Waals surface area contributed by atoms with Gasteiger partial charge in [0.05, 0.1) is 6.10 Å². The van der Waals surface area contributed by atoms with E-state index in [9.17, 15) is 46.3 Å². The average Bonchev–Trinajstić information content (AvgIpc) is 3.71. The predicted molar refractivity (Wildman–Crippen MR) is 243 cm³/mol. The lowest BCUT2D eigenvalue weighted by Gasteiger charge is -2.20. The molecule has 0 heterocycles. The number of carbonyl (C=O) groups excluding carboxylic acids is 5. The molecule has 8 nitrogen and oxygen atoms in total. The van der Waals surface area contributed by atoms with Crippen LogP contribution < -0.4 is 0 Å². The van der Waals surface area contributed by atoms with E-state index in [1.807, 2.05) is 27.7 Å². The van der Waals surface area contributed by atoms with Crippen molar-refractivity contribution in [3.8, 4) is 0 Å². The summed E-state index contributed by atoms with van der Waals surface area (Å²) >= 11 is 0. The van der Waals surface area contributed by atoms with E-state index in [1.165, 1.54) is 0 Å². The van der Waals surface area contributed by atoms with Crippen molar-refractivity contribution in [3.63, 3.8) is 0 Å². The van der Waals surface area contributed by atoms with Crippen LogP contribution in [0.4, 0.5) is 17.6 Å². The van der Waals surface area contributed by atoms with Crippen LogP contribution in [0.3, 0.4) is 0 Å². The molecule has 0 radical (unpaired) electrons. The molecule has 0 aromatic carbocycles. The molecule has 0 amide bonds. The van der Waals surface area contributed by atoms with Gasteiger partial charge in [0.1, 0.15) is 11.6 Å². The summed E-state index contributed by atoms with van der Waals surface area (Å²) in [6.07, 6.45) is 16.8. The monoisotopic (exact) mass is 895 g/mol. The van der Waals surface area contributed by atoms with E-state index in [4.69, 9.17) is 9.84 Å². The number of carbonyl (C=O) groups is 6. The number of ether oxygens (including phenoxy) is 1. The SMILES string of the molecule is C.C.C.CCCCCCC(F)(F)C(=O)CC[C@H]1CCC(=O)C1CCCCCCC(=O)O.CCCCCCC(F)(F)C(=O)CC[C@H]1CCC(=O)C1CCCCCCC(=O)OC(C)C. The number of carboxylic acids is 1. The van der Waals surface area contributed by atoms with Gasteiger partial charge in [0.2, 0.25) is 11.6 Å². The Hall–Kier alpha value is -2.66. The third kappa shape index (κ3) is 27.5. The van der Waals surface area contributed by atoms with E-state index in [0.29, 0.717) is 64.2 Å². The molecule has 12 heteroatoms. The van der Waals surface area contributed by atoms with Gasteiger partial charge in [-0.25, -0.2) is 0 Å². The Morgan fingerprint density at radius 1 is 0.565 bits per heavy atom. The molecule has 2 aliphatic rings. The third-order valence-electron chi connectivity index (χ3n) is 12.1. The van der Waals surface area contributed by atoms with Gasteiger partial charge in [0.25, 0.3) is 0 Å². The van der Waals surface area contributed by atoms with Crippen molar-refractivity contribution in [3.05, 3.63) is 0 Å². The first-order chi connectivity index (χ1) is 27.9. The second-order valence-electron chi connectivity index (χ2n) is 17.5. The number of Topliss-reactive ketones (excluding diaryl/α,β-unsaturated/α-hetero) is 4. The lowest BCUT2D eigenvalue weighted by molar-refractivity contribution is -0.147. The molecule has 366 valence electrons. The third-order valence-corrected chi connectivity index (χ3v) is 12.1. The highest BCUT2D eigenvalue weighted by Gasteiger charge is 2.41. The van der Waals surface area contributed by atoms with Crippen LogP contribution in [0.1, 0.15) is 243 Å². The Bertz CT molecular complexity index is 1250. The molecule has 4 atom stereocenters. The highest BCUT2D eigenvalue weighted by Crippen LogP contribution is 2.38. The second-order valence-corrected chi connectivity index (χ2v) is 17.5. The van der Waals surface area contributed by atoms with Gasteiger partial charge in [-0.15, -0.1) is 0 Å². The van der Waals surface area contributed by atoms with Crippen LogP contribution >= 0.6 is 0 Å². The van der Waals surface area contributed by atoms with Gasteiger partial charge in [0, 0.05) is 63.2 Å². The van der Waals surface area contributed by atoms with Crippen LogP contribution in [0.2, 0.25) is 0 Å². The topological polar surface area (TPSA) is 132 Å². The van der Waals surface area contributed by atoms with Crippen LogP contribution in [0.15, 0.2) is 0 Å².